The van der Waals surface area contributed by atoms with E-state index in [1.54, 1.807) is 0 Å². The highest BCUT2D eigenvalue weighted by Gasteiger charge is 2.17. The van der Waals surface area contributed by atoms with Crippen LogP contribution in [0.3, 0.4) is 0 Å². The predicted octanol–water partition coefficient (Wildman–Crippen LogP) is 2.51. The summed E-state index contributed by atoms with van der Waals surface area (Å²) in [5, 5.41) is 12.4. The number of aliphatic hydroxyl groups is 1. The Morgan fingerprint density at radius 1 is 1.37 bits per heavy atom. The highest BCUT2D eigenvalue weighted by atomic mass is 16.5. The molecule has 0 fully saturated rings. The van der Waals surface area contributed by atoms with Crippen molar-refractivity contribution in [3.63, 3.8) is 0 Å². The van der Waals surface area contributed by atoms with Crippen molar-refractivity contribution in [1.82, 2.24) is 5.32 Å². The Bertz CT molecular complexity index is 415. The van der Waals surface area contributed by atoms with Crippen molar-refractivity contribution in [3.8, 4) is 5.75 Å². The maximum Gasteiger partial charge on any atom is 0.122 e. The summed E-state index contributed by atoms with van der Waals surface area (Å²) in [6.07, 6.45) is 2.96. The highest BCUT2D eigenvalue weighted by molar-refractivity contribution is 5.39. The lowest BCUT2D eigenvalue weighted by Crippen LogP contribution is -2.29. The van der Waals surface area contributed by atoms with Gasteiger partial charge in [0.1, 0.15) is 5.75 Å². The number of hydrogen-bond donors (Lipinski definition) is 2. The van der Waals surface area contributed by atoms with Gasteiger partial charge in [-0.15, -0.1) is 0 Å². The first-order valence-electron chi connectivity index (χ1n) is 7.17. The molecule has 2 rings (SSSR count). The van der Waals surface area contributed by atoms with Crippen molar-refractivity contribution in [2.45, 2.75) is 39.7 Å². The SMILES string of the molecule is CC(C)(CCCO)CNCc1ccc2c(c1)CCO2. The number of hydrogen-bond acceptors (Lipinski definition) is 3. The molecule has 106 valence electrons. The summed E-state index contributed by atoms with van der Waals surface area (Å²) < 4.78 is 5.51. The summed E-state index contributed by atoms with van der Waals surface area (Å²) in [6, 6.07) is 6.46. The molecule has 0 atom stereocenters. The Balaban J connectivity index is 1.79. The van der Waals surface area contributed by atoms with Gasteiger partial charge in [-0.1, -0.05) is 26.0 Å². The standard InChI is InChI=1S/C16H25NO2/c1-16(2,7-3-8-18)12-17-11-13-4-5-15-14(10-13)6-9-19-15/h4-5,10,17-18H,3,6-9,11-12H2,1-2H3. The molecule has 19 heavy (non-hydrogen) atoms. The van der Waals surface area contributed by atoms with Crippen LogP contribution in [-0.2, 0) is 13.0 Å². The third-order valence-electron chi connectivity index (χ3n) is 3.70. The number of benzene rings is 1. The molecule has 0 bridgehead atoms. The van der Waals surface area contributed by atoms with E-state index < -0.39 is 0 Å². The lowest BCUT2D eigenvalue weighted by molar-refractivity contribution is 0.236. The van der Waals surface area contributed by atoms with Crippen LogP contribution in [0.4, 0.5) is 0 Å². The Hall–Kier alpha value is -1.06. The van der Waals surface area contributed by atoms with Crippen LogP contribution >= 0.6 is 0 Å². The maximum absolute atomic E-state index is 8.89. The second-order valence-corrected chi connectivity index (χ2v) is 6.14. The lowest BCUT2D eigenvalue weighted by Gasteiger charge is -2.24. The number of fused-ring (bicyclic) bond motifs is 1. The van der Waals surface area contributed by atoms with Gasteiger partial charge in [0.25, 0.3) is 0 Å². The van der Waals surface area contributed by atoms with Crippen molar-refractivity contribution in [3.05, 3.63) is 29.3 Å². The van der Waals surface area contributed by atoms with E-state index in [9.17, 15) is 0 Å². The Kier molecular flexibility index (Phi) is 4.83. The number of nitrogens with one attached hydrogen (secondary N) is 1. The van der Waals surface area contributed by atoms with Crippen LogP contribution < -0.4 is 10.1 Å². The molecule has 1 heterocycles. The van der Waals surface area contributed by atoms with E-state index in [-0.39, 0.29) is 12.0 Å². The van der Waals surface area contributed by atoms with Gasteiger partial charge in [-0.3, -0.25) is 0 Å². The molecule has 1 aromatic carbocycles. The molecule has 1 aliphatic heterocycles. The van der Waals surface area contributed by atoms with Gasteiger partial charge in [0.05, 0.1) is 6.61 Å². The predicted molar refractivity (Wildman–Crippen MR) is 77.4 cm³/mol. The molecule has 0 saturated heterocycles. The molecular formula is C16H25NO2. The summed E-state index contributed by atoms with van der Waals surface area (Å²) >= 11 is 0. The van der Waals surface area contributed by atoms with Crippen LogP contribution in [0.15, 0.2) is 18.2 Å². The van der Waals surface area contributed by atoms with Gasteiger partial charge in [0, 0.05) is 26.1 Å². The molecule has 3 heteroatoms. The summed E-state index contributed by atoms with van der Waals surface area (Å²) in [7, 11) is 0. The van der Waals surface area contributed by atoms with Crippen molar-refractivity contribution >= 4 is 0 Å². The average Bonchev–Trinajstić information content (AvgIpc) is 2.83. The minimum absolute atomic E-state index is 0.239. The zero-order chi connectivity index (χ0) is 13.7. The summed E-state index contributed by atoms with van der Waals surface area (Å²) in [5.74, 6) is 1.05. The number of ether oxygens (including phenoxy) is 1. The summed E-state index contributed by atoms with van der Waals surface area (Å²) in [4.78, 5) is 0. The molecular weight excluding hydrogens is 238 g/mol. The fourth-order valence-corrected chi connectivity index (χ4v) is 2.54. The minimum atomic E-state index is 0.239. The Labute approximate surface area is 116 Å². The third-order valence-corrected chi connectivity index (χ3v) is 3.70. The molecule has 3 nitrogen and oxygen atoms in total. The monoisotopic (exact) mass is 263 g/mol. The first-order valence-corrected chi connectivity index (χ1v) is 7.17. The van der Waals surface area contributed by atoms with Gasteiger partial charge in [-0.25, -0.2) is 0 Å². The third kappa shape index (κ3) is 4.22. The quantitative estimate of drug-likeness (QED) is 0.794. The smallest absolute Gasteiger partial charge is 0.122 e. The van der Waals surface area contributed by atoms with E-state index in [1.807, 2.05) is 0 Å². The largest absolute Gasteiger partial charge is 0.493 e. The molecule has 0 amide bonds. The Morgan fingerprint density at radius 3 is 3.00 bits per heavy atom. The van der Waals surface area contributed by atoms with E-state index >= 15 is 0 Å². The molecule has 0 radical (unpaired) electrons. The van der Waals surface area contributed by atoms with Crippen molar-refractivity contribution in [2.24, 2.45) is 5.41 Å². The molecule has 0 saturated carbocycles. The van der Waals surface area contributed by atoms with Gasteiger partial charge < -0.3 is 15.2 Å². The normalized spacial score (nSPS) is 14.3. The van der Waals surface area contributed by atoms with Crippen molar-refractivity contribution in [2.75, 3.05) is 19.8 Å². The van der Waals surface area contributed by atoms with E-state index in [0.717, 1.165) is 44.7 Å². The van der Waals surface area contributed by atoms with E-state index in [4.69, 9.17) is 9.84 Å². The Morgan fingerprint density at radius 2 is 2.21 bits per heavy atom. The van der Waals surface area contributed by atoms with Crippen molar-refractivity contribution in [1.29, 1.82) is 0 Å². The van der Waals surface area contributed by atoms with Crippen LogP contribution in [0.25, 0.3) is 0 Å². The topological polar surface area (TPSA) is 41.5 Å². The van der Waals surface area contributed by atoms with Crippen LogP contribution in [0.2, 0.25) is 0 Å². The van der Waals surface area contributed by atoms with Gasteiger partial charge in [0.2, 0.25) is 0 Å². The second kappa shape index (κ2) is 6.40. The van der Waals surface area contributed by atoms with Gasteiger partial charge in [-0.2, -0.15) is 0 Å². The van der Waals surface area contributed by atoms with Gasteiger partial charge in [-0.05, 0) is 35.4 Å². The maximum atomic E-state index is 8.89. The van der Waals surface area contributed by atoms with Gasteiger partial charge in [0.15, 0.2) is 0 Å². The van der Waals surface area contributed by atoms with E-state index in [0.29, 0.717) is 0 Å². The molecule has 2 N–H and O–H groups in total. The molecule has 0 aliphatic carbocycles. The number of aliphatic hydroxyl groups excluding tert-OH is 1. The first kappa shape index (κ1) is 14.4. The first-order chi connectivity index (χ1) is 9.11. The lowest BCUT2D eigenvalue weighted by atomic mass is 9.88. The minimum Gasteiger partial charge on any atom is -0.493 e. The van der Waals surface area contributed by atoms with Gasteiger partial charge >= 0.3 is 0 Å². The fourth-order valence-electron chi connectivity index (χ4n) is 2.54. The molecule has 1 aliphatic rings. The molecule has 0 spiro atoms. The highest BCUT2D eigenvalue weighted by Crippen LogP contribution is 2.26. The van der Waals surface area contributed by atoms with Crippen LogP contribution in [0.5, 0.6) is 5.75 Å². The van der Waals surface area contributed by atoms with Crippen molar-refractivity contribution < 1.29 is 9.84 Å². The number of rotatable bonds is 7. The molecule has 0 aromatic heterocycles. The van der Waals surface area contributed by atoms with E-state index in [1.165, 1.54) is 11.1 Å². The zero-order valence-corrected chi connectivity index (χ0v) is 12.0. The van der Waals surface area contributed by atoms with Crippen LogP contribution in [0, 0.1) is 5.41 Å². The summed E-state index contributed by atoms with van der Waals surface area (Å²) in [6.45, 7) is 7.46. The second-order valence-electron chi connectivity index (χ2n) is 6.14. The molecule has 1 aromatic rings. The van der Waals surface area contributed by atoms with Crippen LogP contribution in [0.1, 0.15) is 37.8 Å². The average molecular weight is 263 g/mol. The zero-order valence-electron chi connectivity index (χ0n) is 12.0. The fraction of sp³-hybridized carbons (Fsp3) is 0.625. The van der Waals surface area contributed by atoms with E-state index in [2.05, 4.69) is 37.4 Å². The molecule has 0 unspecified atom stereocenters. The summed E-state index contributed by atoms with van der Waals surface area (Å²) in [5.41, 5.74) is 2.89. The van der Waals surface area contributed by atoms with Crippen LogP contribution in [-0.4, -0.2) is 24.9 Å².